The van der Waals surface area contributed by atoms with Gasteiger partial charge in [0.05, 0.1) is 72.6 Å². The van der Waals surface area contributed by atoms with Crippen molar-refractivity contribution in [2.45, 2.75) is 16.7 Å². The molecule has 5 nitrogen and oxygen atoms in total. The number of aromatic nitrogens is 4. The third-order valence-corrected chi connectivity index (χ3v) is 22.2. The molecule has 6 heterocycles. The number of para-hydroxylation sites is 11. The van der Waals surface area contributed by atoms with Gasteiger partial charge in [-0.25, -0.2) is 0 Å². The second kappa shape index (κ2) is 21.4. The molecule has 7 heteroatoms. The van der Waals surface area contributed by atoms with E-state index in [-0.39, 0.29) is 6.71 Å². The number of benzene rings is 15. The number of hydrogen-bond donors (Lipinski definition) is 0. The van der Waals surface area contributed by atoms with Crippen molar-refractivity contribution in [2.24, 2.45) is 0 Å². The maximum absolute atomic E-state index is 2.65. The van der Waals surface area contributed by atoms with Crippen LogP contribution in [0.25, 0.3) is 143 Å². The van der Waals surface area contributed by atoms with Gasteiger partial charge in [-0.15, -0.1) is 0 Å². The number of anilines is 3. The first kappa shape index (κ1) is 55.0. The lowest BCUT2D eigenvalue weighted by Crippen LogP contribution is -2.59. The van der Waals surface area contributed by atoms with Gasteiger partial charge in [0, 0.05) is 80.9 Å². The maximum atomic E-state index is 2.65. The molecule has 0 radical (unpaired) electrons. The second-order valence-corrected chi connectivity index (χ2v) is 27.4. The summed E-state index contributed by atoms with van der Waals surface area (Å²) in [5.41, 5.74) is 29.1. The van der Waals surface area contributed by atoms with Crippen LogP contribution in [0.15, 0.2) is 343 Å². The normalized spacial score (nSPS) is 12.7. The summed E-state index contributed by atoms with van der Waals surface area (Å²) >= 11 is 1.92. The molecule has 4 aromatic heterocycles. The Morgan fingerprint density at radius 3 is 1.10 bits per heavy atom. The number of rotatable bonds is 8. The van der Waals surface area contributed by atoms with Gasteiger partial charge in [-0.1, -0.05) is 265 Å². The molecule has 2 aliphatic rings. The van der Waals surface area contributed by atoms with Crippen LogP contribution in [0.2, 0.25) is 0 Å². The Balaban J connectivity index is 0.883. The van der Waals surface area contributed by atoms with E-state index < -0.39 is 0 Å². The van der Waals surface area contributed by atoms with E-state index >= 15 is 0 Å². The van der Waals surface area contributed by atoms with Crippen molar-refractivity contribution in [3.05, 3.63) is 339 Å². The van der Waals surface area contributed by atoms with Crippen LogP contribution in [-0.2, 0) is 0 Å². The summed E-state index contributed by atoms with van der Waals surface area (Å²) in [6, 6.07) is 125. The molecular weight excluding hydrogens is 1210 g/mol. The molecular formula is C91H58BN5S. The first-order valence-electron chi connectivity index (χ1n) is 33.9. The van der Waals surface area contributed by atoms with Gasteiger partial charge in [0.25, 0.3) is 0 Å². The van der Waals surface area contributed by atoms with Crippen molar-refractivity contribution in [3.8, 4) is 56.1 Å². The summed E-state index contributed by atoms with van der Waals surface area (Å²) in [4.78, 5) is 5.18. The molecule has 0 bridgehead atoms. The lowest BCUT2D eigenvalue weighted by Gasteiger charge is -2.41. The smallest absolute Gasteiger partial charge is 0.249 e. The number of nitrogens with zero attached hydrogens (tertiary/aromatic N) is 5. The molecule has 15 aromatic carbocycles. The van der Waals surface area contributed by atoms with Gasteiger partial charge < -0.3 is 23.2 Å². The fourth-order valence-corrected chi connectivity index (χ4v) is 18.3. The molecule has 0 amide bonds. The summed E-state index contributed by atoms with van der Waals surface area (Å²) in [6.45, 7) is 2.15. The molecule has 0 atom stereocenters. The molecule has 0 N–H and O–H groups in total. The highest BCUT2D eigenvalue weighted by Gasteiger charge is 2.43. The van der Waals surface area contributed by atoms with E-state index in [0.717, 1.165) is 117 Å². The average molecular weight is 1260 g/mol. The Bertz CT molecular complexity index is 6370. The fourth-order valence-electron chi connectivity index (χ4n) is 17.0. The van der Waals surface area contributed by atoms with Crippen LogP contribution in [0.3, 0.4) is 0 Å². The molecule has 456 valence electrons. The minimum Gasteiger partial charge on any atom is -0.311 e. The van der Waals surface area contributed by atoms with Crippen molar-refractivity contribution < 1.29 is 0 Å². The largest absolute Gasteiger partial charge is 0.311 e. The molecule has 0 saturated heterocycles. The summed E-state index contributed by atoms with van der Waals surface area (Å²) in [7, 11) is 0. The fraction of sp³-hybridized carbons (Fsp3) is 0.0110. The molecule has 98 heavy (non-hydrogen) atoms. The Labute approximate surface area is 570 Å². The van der Waals surface area contributed by atoms with Crippen LogP contribution in [0.5, 0.6) is 0 Å². The average Bonchev–Trinajstić information content (AvgIpc) is 1.22. The SMILES string of the molecule is Cc1ccc2c(c1)Sc1cc(-c3cccc(-n4c5ccccc5c5ccccc54)c3-n3c4ccccc4c4ccccc43)cc3c1B2c1ccc(-c2cccc(-n4c5ccccc5c5ccccc54)c2-n2c4ccccc4c4ccccc42)cc1N3c1ccccc1-c1ccccc1. The van der Waals surface area contributed by atoms with Crippen LogP contribution in [0.1, 0.15) is 5.56 Å². The maximum Gasteiger partial charge on any atom is 0.249 e. The highest BCUT2D eigenvalue weighted by molar-refractivity contribution is 8.00. The summed E-state index contributed by atoms with van der Waals surface area (Å²) in [5, 5.41) is 9.77. The number of hydrogen-bond acceptors (Lipinski definition) is 2. The first-order chi connectivity index (χ1) is 48.6. The Hall–Kier alpha value is -12.3. The van der Waals surface area contributed by atoms with Crippen molar-refractivity contribution in [1.29, 1.82) is 0 Å². The Morgan fingerprint density at radius 2 is 0.622 bits per heavy atom. The van der Waals surface area contributed by atoms with Gasteiger partial charge in [0.2, 0.25) is 6.71 Å². The van der Waals surface area contributed by atoms with Gasteiger partial charge >= 0.3 is 0 Å². The standard InChI is InChI=1S/C91H58BN5S/c1-57-49-51-73-87(53-57)98-88-56-60(63-37-24-48-84(94-77-41-17-8-30-66(77)67-31-9-18-42-78(67)94)91(63)97-81-45-21-12-34-70(81)71-35-13-22-46-82(71)97)55-86-89(88)92(73)72-52-50-59(54-85(72)95(86)74-38-14-5-27-61(74)58-25-3-2-4-26-58)62-36-23-47-83(93-75-39-15-6-28-64(75)65-29-7-16-40-76(65)93)90(62)96-79-43-19-10-32-68(79)69-33-11-20-44-80(69)96/h2-56H,1H3. The van der Waals surface area contributed by atoms with Crippen LogP contribution in [0, 0.1) is 6.92 Å². The zero-order valence-corrected chi connectivity index (χ0v) is 54.3. The second-order valence-electron chi connectivity index (χ2n) is 26.3. The summed E-state index contributed by atoms with van der Waals surface area (Å²) in [5.74, 6) is 0. The van der Waals surface area contributed by atoms with Crippen LogP contribution >= 0.6 is 11.8 Å². The van der Waals surface area contributed by atoms with E-state index in [1.807, 2.05) is 11.8 Å². The van der Waals surface area contributed by atoms with Crippen LogP contribution in [0.4, 0.5) is 17.1 Å². The molecule has 21 rings (SSSR count). The van der Waals surface area contributed by atoms with E-state index in [1.54, 1.807) is 0 Å². The monoisotopic (exact) mass is 1260 g/mol. The molecule has 2 aliphatic heterocycles. The molecule has 0 spiro atoms. The minimum atomic E-state index is -0.0865. The van der Waals surface area contributed by atoms with Crippen molar-refractivity contribution in [1.82, 2.24) is 18.3 Å². The lowest BCUT2D eigenvalue weighted by atomic mass is 9.34. The van der Waals surface area contributed by atoms with E-state index in [4.69, 9.17) is 0 Å². The van der Waals surface area contributed by atoms with Crippen molar-refractivity contribution >= 4 is 139 Å². The number of fused-ring (bicyclic) bond motifs is 16. The minimum absolute atomic E-state index is 0.0865. The van der Waals surface area contributed by atoms with E-state index in [0.29, 0.717) is 0 Å². The predicted octanol–water partition coefficient (Wildman–Crippen LogP) is 22.1. The molecule has 0 fully saturated rings. The molecule has 0 unspecified atom stereocenters. The topological polar surface area (TPSA) is 23.0 Å². The molecule has 19 aromatic rings. The van der Waals surface area contributed by atoms with E-state index in [9.17, 15) is 0 Å². The van der Waals surface area contributed by atoms with E-state index in [2.05, 4.69) is 364 Å². The predicted molar refractivity (Wildman–Crippen MR) is 415 cm³/mol. The first-order valence-corrected chi connectivity index (χ1v) is 34.7. The summed E-state index contributed by atoms with van der Waals surface area (Å²) in [6.07, 6.45) is 0. The molecule has 0 aliphatic carbocycles. The lowest BCUT2D eigenvalue weighted by molar-refractivity contribution is 1.10. The highest BCUT2D eigenvalue weighted by Crippen LogP contribution is 2.51. The van der Waals surface area contributed by atoms with Gasteiger partial charge in [-0.2, -0.15) is 0 Å². The highest BCUT2D eigenvalue weighted by atomic mass is 32.2. The van der Waals surface area contributed by atoms with Crippen LogP contribution in [-0.4, -0.2) is 25.0 Å². The quantitative estimate of drug-likeness (QED) is 0.142. The van der Waals surface area contributed by atoms with Crippen LogP contribution < -0.4 is 21.3 Å². The third kappa shape index (κ3) is 7.93. The summed E-state index contributed by atoms with van der Waals surface area (Å²) < 4.78 is 10.1. The van der Waals surface area contributed by atoms with Crippen molar-refractivity contribution in [3.63, 3.8) is 0 Å². The van der Waals surface area contributed by atoms with Gasteiger partial charge in [0.15, 0.2) is 0 Å². The van der Waals surface area contributed by atoms with Gasteiger partial charge in [-0.05, 0) is 126 Å². The third-order valence-electron chi connectivity index (χ3n) is 21.1. The van der Waals surface area contributed by atoms with E-state index in [1.165, 1.54) is 74.8 Å². The van der Waals surface area contributed by atoms with Gasteiger partial charge in [0.1, 0.15) is 0 Å². The molecule has 0 saturated carbocycles. The van der Waals surface area contributed by atoms with Gasteiger partial charge in [-0.3, -0.25) is 0 Å². The van der Waals surface area contributed by atoms with Crippen molar-refractivity contribution in [2.75, 3.05) is 4.90 Å². The Kier molecular flexibility index (Phi) is 12.0. The zero-order chi connectivity index (χ0) is 64.3. The Morgan fingerprint density at radius 1 is 0.245 bits per heavy atom. The number of aryl methyl sites for hydroxylation is 1. The zero-order valence-electron chi connectivity index (χ0n) is 53.5.